The topological polar surface area (TPSA) is 599 Å². The van der Waals surface area contributed by atoms with E-state index in [1.165, 1.54) is 109 Å². The van der Waals surface area contributed by atoms with Gasteiger partial charge in [0.25, 0.3) is 22.4 Å². The second-order valence-electron chi connectivity index (χ2n) is 23.7. The second-order valence-corrected chi connectivity index (χ2v) is 23.7. The number of carbonyl (C=O) groups is 8. The van der Waals surface area contributed by atoms with Gasteiger partial charge in [-0.1, -0.05) is 60.7 Å². The van der Waals surface area contributed by atoms with Crippen molar-refractivity contribution >= 4 is 97.6 Å². The number of hydrogen-bond acceptors (Lipinski definition) is 19. The van der Waals surface area contributed by atoms with E-state index in [9.17, 15) is 63.2 Å². The van der Waals surface area contributed by atoms with Crippen molar-refractivity contribution in [3.8, 4) is 5.75 Å². The van der Waals surface area contributed by atoms with E-state index in [1.54, 1.807) is 0 Å². The average molecular weight is 1420 g/mol. The Labute approximate surface area is 579 Å². The predicted octanol–water partition coefficient (Wildman–Crippen LogP) is -4.38. The number of para-hydroxylation sites is 3. The standard InChI is InChI=1S/C65H73N21O17/c1-33(87)73-45(17-9-27-72-62(69)70)52(90)75-46(29-35-20-24-37(88)25-21-35)53(91)76-47(28-34-18-22-36(23-19-34)86(102)103)54(92)77-49(31-84-59(97)39-11-3-6-14-42(39)81-64(84)100)56(94)79-50(32-85-60(98)40-12-4-7-15-43(40)82-65(85)101)57(95)78-48(55(93)74-44(51(66)89)16-8-26-71-61(67)68)30-83-58(96)38-10-2-5-13-41(38)80-63(83)99/h2-7,10-15,18-25,44-50,88H,8-9,16-17,26-32H2,1H3,(H2,66,89)(H,73,87)(H,74,93)(H,75,90)(H,76,91)(H,77,92)(H,78,95)(H,79,94)(H,80,99)(H,81,100)(H,82,101)(H4,67,68,71)(H4,69,70,72)/t44-,45-,46-,47-,48+,49+,50+/m0/s1. The van der Waals surface area contributed by atoms with E-state index in [0.717, 1.165) is 19.1 Å². The van der Waals surface area contributed by atoms with E-state index >= 15 is 19.2 Å². The molecule has 7 atom stereocenters. The molecule has 0 aliphatic rings. The number of primary amides is 1. The van der Waals surface area contributed by atoms with E-state index < -0.39 is 166 Å². The molecule has 38 nitrogen and oxygen atoms in total. The highest BCUT2D eigenvalue weighted by Crippen LogP contribution is 2.17. The van der Waals surface area contributed by atoms with Gasteiger partial charge in [0.2, 0.25) is 47.3 Å². The first-order valence-electron chi connectivity index (χ1n) is 31.8. The SMILES string of the molecule is CC(=O)N[C@@H](CCCNC(=N)N)C(=O)N[C@@H](Cc1ccc(O)cc1)C(=O)N[C@@H](Cc1ccc([N+](=O)[O-])cc1)C(=O)N[C@H](Cn1c(=O)[nH]c2ccccc2c1=O)C(=O)N[C@H](Cn1c(=O)[nH]c2ccccc2c1=O)C(=O)N[C@H](Cn1c(=O)[nH]c2ccccc2c1=O)C(=O)N[C@@H](CCCNC(=N)N)C(N)=O. The summed E-state index contributed by atoms with van der Waals surface area (Å²) in [5.74, 6) is -10.5. The van der Waals surface area contributed by atoms with Crippen molar-refractivity contribution in [1.82, 2.24) is 76.5 Å². The molecule has 0 bridgehead atoms. The number of aromatic amines is 3. The third-order valence-corrected chi connectivity index (χ3v) is 16.2. The van der Waals surface area contributed by atoms with E-state index in [-0.39, 0.29) is 95.2 Å². The van der Waals surface area contributed by atoms with Crippen LogP contribution >= 0.6 is 0 Å². The largest absolute Gasteiger partial charge is 0.508 e. The van der Waals surface area contributed by atoms with Crippen molar-refractivity contribution in [1.29, 1.82) is 10.8 Å². The molecule has 5 aromatic carbocycles. The third-order valence-electron chi connectivity index (χ3n) is 16.2. The van der Waals surface area contributed by atoms with Gasteiger partial charge in [0, 0.05) is 45.0 Å². The smallest absolute Gasteiger partial charge is 0.328 e. The summed E-state index contributed by atoms with van der Waals surface area (Å²) >= 11 is 0. The molecule has 0 spiro atoms. The van der Waals surface area contributed by atoms with Crippen LogP contribution in [0.25, 0.3) is 32.7 Å². The summed E-state index contributed by atoms with van der Waals surface area (Å²) in [6.45, 7) is -2.16. The third kappa shape index (κ3) is 20.1. The number of non-ortho nitro benzene ring substituents is 1. The van der Waals surface area contributed by atoms with Crippen LogP contribution < -0.4 is 98.8 Å². The Bertz CT molecular complexity index is 4970. The van der Waals surface area contributed by atoms with Gasteiger partial charge in [-0.2, -0.15) is 0 Å². The molecule has 3 heterocycles. The predicted molar refractivity (Wildman–Crippen MR) is 372 cm³/mol. The molecule has 0 aliphatic carbocycles. The van der Waals surface area contributed by atoms with E-state index in [4.69, 9.17) is 28.0 Å². The number of nitro groups is 1. The van der Waals surface area contributed by atoms with Gasteiger partial charge in [-0.15, -0.1) is 0 Å². The molecule has 103 heavy (non-hydrogen) atoms. The number of nitro benzene ring substituents is 1. The van der Waals surface area contributed by atoms with Crippen molar-refractivity contribution in [3.05, 3.63) is 205 Å². The van der Waals surface area contributed by atoms with Gasteiger partial charge in [-0.3, -0.25) is 87.4 Å². The van der Waals surface area contributed by atoms with Crippen LogP contribution in [-0.4, -0.2) is 153 Å². The molecule has 8 rings (SSSR count). The van der Waals surface area contributed by atoms with E-state index in [2.05, 4.69) is 62.8 Å². The molecule has 0 saturated heterocycles. The Morgan fingerprint density at radius 3 is 1.11 bits per heavy atom. The molecule has 540 valence electrons. The van der Waals surface area contributed by atoms with Crippen molar-refractivity contribution < 1.29 is 48.4 Å². The van der Waals surface area contributed by atoms with Crippen molar-refractivity contribution in [2.45, 2.75) is 107 Å². The lowest BCUT2D eigenvalue weighted by molar-refractivity contribution is -0.384. The zero-order chi connectivity index (χ0) is 74.8. The minimum atomic E-state index is -2.32. The maximum absolute atomic E-state index is 15.6. The molecule has 0 radical (unpaired) electrons. The monoisotopic (exact) mass is 1420 g/mol. The van der Waals surface area contributed by atoms with Crippen LogP contribution in [0, 0.1) is 20.9 Å². The van der Waals surface area contributed by atoms with Crippen LogP contribution in [0.15, 0.2) is 150 Å². The Balaban J connectivity index is 1.23. The van der Waals surface area contributed by atoms with Gasteiger partial charge in [-0.25, -0.2) is 14.4 Å². The number of aromatic nitrogens is 6. The summed E-state index contributed by atoms with van der Waals surface area (Å²) in [6, 6.07) is 13.7. The molecular formula is C65H73N21O17. The number of nitrogens with one attached hydrogen (secondary N) is 14. The number of hydrogen-bond donors (Lipinski definition) is 18. The number of aromatic hydroxyl groups is 1. The molecular weight excluding hydrogens is 1350 g/mol. The Morgan fingerprint density at radius 1 is 0.456 bits per heavy atom. The summed E-state index contributed by atoms with van der Waals surface area (Å²) in [5.41, 5.74) is 10.1. The molecule has 0 fully saturated rings. The van der Waals surface area contributed by atoms with E-state index in [1.807, 2.05) is 0 Å². The van der Waals surface area contributed by atoms with E-state index in [0.29, 0.717) is 19.3 Å². The first kappa shape index (κ1) is 75.2. The molecule has 0 unspecified atom stereocenters. The molecule has 3 aromatic heterocycles. The Morgan fingerprint density at radius 2 is 0.767 bits per heavy atom. The average Bonchev–Trinajstić information content (AvgIpc) is 0.797. The fraction of sp³-hybridized carbons (Fsp3) is 0.292. The molecule has 21 N–H and O–H groups in total. The quantitative estimate of drug-likeness (QED) is 0.00607. The lowest BCUT2D eigenvalue weighted by atomic mass is 10.0. The normalized spacial score (nSPS) is 13.1. The summed E-state index contributed by atoms with van der Waals surface area (Å²) < 4.78 is 1.48. The molecule has 8 amide bonds. The maximum atomic E-state index is 15.6. The lowest BCUT2D eigenvalue weighted by Crippen LogP contribution is -2.63. The van der Waals surface area contributed by atoms with Crippen LogP contribution in [0.4, 0.5) is 5.69 Å². The second kappa shape index (κ2) is 34.3. The zero-order valence-electron chi connectivity index (χ0n) is 54.9. The number of nitrogens with zero attached hydrogens (tertiary/aromatic N) is 4. The van der Waals surface area contributed by atoms with Crippen LogP contribution in [-0.2, 0) is 70.8 Å². The van der Waals surface area contributed by atoms with Crippen LogP contribution in [0.1, 0.15) is 43.7 Å². The number of benzene rings is 5. The summed E-state index contributed by atoms with van der Waals surface area (Å²) in [5, 5.41) is 58.8. The van der Waals surface area contributed by atoms with Crippen LogP contribution in [0.2, 0.25) is 0 Å². The number of amides is 8. The number of nitrogens with two attached hydrogens (primary N) is 3. The van der Waals surface area contributed by atoms with Crippen LogP contribution in [0.5, 0.6) is 5.75 Å². The fourth-order valence-electron chi connectivity index (χ4n) is 11.0. The molecule has 0 aliphatic heterocycles. The number of phenolic OH excluding ortho intramolecular Hbond substituents is 1. The number of H-pyrrole nitrogens is 3. The van der Waals surface area contributed by atoms with Crippen LogP contribution in [0.3, 0.4) is 0 Å². The molecule has 0 saturated carbocycles. The van der Waals surface area contributed by atoms with Gasteiger partial charge in [0.1, 0.15) is 48.0 Å². The highest BCUT2D eigenvalue weighted by atomic mass is 16.6. The van der Waals surface area contributed by atoms with Crippen molar-refractivity contribution in [2.24, 2.45) is 17.2 Å². The minimum Gasteiger partial charge on any atom is -0.508 e. The first-order valence-corrected chi connectivity index (χ1v) is 31.8. The zero-order valence-corrected chi connectivity index (χ0v) is 54.9. The Kier molecular flexibility index (Phi) is 25.0. The number of guanidine groups is 2. The highest BCUT2D eigenvalue weighted by molar-refractivity contribution is 5.98. The highest BCUT2D eigenvalue weighted by Gasteiger charge is 2.37. The number of carbonyl (C=O) groups excluding carboxylic acids is 8. The number of rotatable bonds is 33. The lowest BCUT2D eigenvalue weighted by Gasteiger charge is -2.28. The van der Waals surface area contributed by atoms with Crippen molar-refractivity contribution in [3.63, 3.8) is 0 Å². The maximum Gasteiger partial charge on any atom is 0.328 e. The minimum absolute atomic E-state index is 0.00129. The van der Waals surface area contributed by atoms with Gasteiger partial charge < -0.3 is 85.1 Å². The number of fused-ring (bicyclic) bond motifs is 3. The van der Waals surface area contributed by atoms with Gasteiger partial charge in [-0.05, 0) is 85.3 Å². The summed E-state index contributed by atoms with van der Waals surface area (Å²) in [4.78, 5) is 219. The van der Waals surface area contributed by atoms with Crippen molar-refractivity contribution in [2.75, 3.05) is 13.1 Å². The van der Waals surface area contributed by atoms with Gasteiger partial charge >= 0.3 is 17.1 Å². The number of phenols is 1. The van der Waals surface area contributed by atoms with Gasteiger partial charge in [0.05, 0.1) is 57.3 Å². The van der Waals surface area contributed by atoms with Gasteiger partial charge in [0.15, 0.2) is 11.9 Å². The Hall–Kier alpha value is -13.6. The molecule has 8 aromatic rings. The first-order chi connectivity index (χ1) is 49.0. The summed E-state index contributed by atoms with van der Waals surface area (Å²) in [6.07, 6.45) is -1.08. The molecule has 38 heteroatoms. The summed E-state index contributed by atoms with van der Waals surface area (Å²) in [7, 11) is 0. The fourth-order valence-corrected chi connectivity index (χ4v) is 11.0.